The first-order valence-electron chi connectivity index (χ1n) is 7.64. The molecule has 0 spiro atoms. The van der Waals surface area contributed by atoms with Gasteiger partial charge in [0.05, 0.1) is 6.04 Å². The molecule has 1 atom stereocenters. The van der Waals surface area contributed by atoms with Crippen molar-refractivity contribution in [2.45, 2.75) is 25.4 Å². The molecule has 2 rings (SSSR count). The maximum Gasteiger partial charge on any atom is 0.573 e. The molecule has 2 N–H and O–H groups in total. The summed E-state index contributed by atoms with van der Waals surface area (Å²) in [6.07, 6.45) is -4.30. The smallest absolute Gasteiger partial charge is 0.406 e. The van der Waals surface area contributed by atoms with Gasteiger partial charge in [-0.25, -0.2) is 0 Å². The quantitative estimate of drug-likeness (QED) is 0.869. The third-order valence-electron chi connectivity index (χ3n) is 3.57. The lowest BCUT2D eigenvalue weighted by molar-refractivity contribution is -0.274. The summed E-state index contributed by atoms with van der Waals surface area (Å²) < 4.78 is 40.2. The molecule has 0 aliphatic carbocycles. The van der Waals surface area contributed by atoms with Gasteiger partial charge in [-0.2, -0.15) is 0 Å². The van der Waals surface area contributed by atoms with Gasteiger partial charge in [-0.05, 0) is 29.7 Å². The Labute approximate surface area is 144 Å². The normalized spacial score (nSPS) is 12.5. The summed E-state index contributed by atoms with van der Waals surface area (Å²) >= 11 is 0. The van der Waals surface area contributed by atoms with Gasteiger partial charge in [-0.1, -0.05) is 42.5 Å². The van der Waals surface area contributed by atoms with Gasteiger partial charge in [0.2, 0.25) is 5.91 Å². The van der Waals surface area contributed by atoms with E-state index in [9.17, 15) is 18.0 Å². The third-order valence-corrected chi connectivity index (χ3v) is 3.57. The van der Waals surface area contributed by atoms with Gasteiger partial charge in [0, 0.05) is 13.6 Å². The first-order chi connectivity index (χ1) is 11.7. The minimum absolute atomic E-state index is 0.237. The largest absolute Gasteiger partial charge is 0.573 e. The lowest BCUT2D eigenvalue weighted by atomic mass is 10.1. The minimum Gasteiger partial charge on any atom is -0.406 e. The van der Waals surface area contributed by atoms with Gasteiger partial charge >= 0.3 is 6.36 Å². The Bertz CT molecular complexity index is 688. The molecule has 2 aromatic carbocycles. The van der Waals surface area contributed by atoms with Crippen LogP contribution in [0.15, 0.2) is 54.6 Å². The lowest BCUT2D eigenvalue weighted by Gasteiger charge is -2.21. The SMILES string of the molecule is CN(Cc1ccc(OC(F)(F)F)cc1)C(=O)[C@@H](N)Cc1ccccc1. The predicted molar refractivity (Wildman–Crippen MR) is 87.7 cm³/mol. The maximum atomic E-state index is 12.3. The molecule has 0 bridgehead atoms. The van der Waals surface area contributed by atoms with Crippen LogP contribution in [0.25, 0.3) is 0 Å². The Morgan fingerprint density at radius 3 is 2.24 bits per heavy atom. The van der Waals surface area contributed by atoms with Gasteiger partial charge in [-0.15, -0.1) is 13.2 Å². The number of amides is 1. The highest BCUT2D eigenvalue weighted by Crippen LogP contribution is 2.23. The minimum atomic E-state index is -4.72. The number of carbonyl (C=O) groups excluding carboxylic acids is 1. The highest BCUT2D eigenvalue weighted by Gasteiger charge is 2.31. The predicted octanol–water partition coefficient (Wildman–Crippen LogP) is 3.11. The highest BCUT2D eigenvalue weighted by molar-refractivity contribution is 5.81. The molecule has 0 fully saturated rings. The maximum absolute atomic E-state index is 12.3. The van der Waals surface area contributed by atoms with E-state index in [0.717, 1.165) is 5.56 Å². The molecule has 1 amide bonds. The summed E-state index contributed by atoms with van der Waals surface area (Å²) in [6.45, 7) is 0.244. The molecular weight excluding hydrogens is 333 g/mol. The number of benzene rings is 2. The van der Waals surface area contributed by atoms with Crippen molar-refractivity contribution < 1.29 is 22.7 Å². The number of ether oxygens (including phenoxy) is 1. The fourth-order valence-electron chi connectivity index (χ4n) is 2.39. The number of halogens is 3. The van der Waals surface area contributed by atoms with Crippen molar-refractivity contribution in [1.29, 1.82) is 0 Å². The number of alkyl halides is 3. The van der Waals surface area contributed by atoms with E-state index >= 15 is 0 Å². The zero-order chi connectivity index (χ0) is 18.4. The lowest BCUT2D eigenvalue weighted by Crippen LogP contribution is -2.42. The molecule has 0 aromatic heterocycles. The molecular formula is C18H19F3N2O2. The molecule has 0 saturated heterocycles. The zero-order valence-electron chi connectivity index (χ0n) is 13.7. The Kier molecular flexibility index (Phi) is 6.03. The molecule has 4 nitrogen and oxygen atoms in total. The Balaban J connectivity index is 1.92. The van der Waals surface area contributed by atoms with E-state index in [0.29, 0.717) is 12.0 Å². The van der Waals surface area contributed by atoms with Crippen LogP contribution in [0.2, 0.25) is 0 Å². The second-order valence-corrected chi connectivity index (χ2v) is 5.68. The molecule has 0 saturated carbocycles. The third kappa shape index (κ3) is 6.11. The van der Waals surface area contributed by atoms with Crippen molar-refractivity contribution in [3.05, 3.63) is 65.7 Å². The number of rotatable bonds is 6. The molecule has 0 heterocycles. The van der Waals surface area contributed by atoms with Crippen molar-refractivity contribution in [1.82, 2.24) is 4.90 Å². The zero-order valence-corrected chi connectivity index (χ0v) is 13.7. The second kappa shape index (κ2) is 8.02. The first kappa shape index (κ1) is 18.8. The average molecular weight is 352 g/mol. The number of hydrogen-bond donors (Lipinski definition) is 1. The van der Waals surface area contributed by atoms with Crippen LogP contribution in [-0.2, 0) is 17.8 Å². The molecule has 0 aliphatic rings. The second-order valence-electron chi connectivity index (χ2n) is 5.68. The van der Waals surface area contributed by atoms with Crippen LogP contribution >= 0.6 is 0 Å². The van der Waals surface area contributed by atoms with Crippen LogP contribution in [0.4, 0.5) is 13.2 Å². The van der Waals surface area contributed by atoms with Crippen LogP contribution < -0.4 is 10.5 Å². The van der Waals surface area contributed by atoms with E-state index < -0.39 is 12.4 Å². The summed E-state index contributed by atoms with van der Waals surface area (Å²) in [5, 5.41) is 0. The van der Waals surface area contributed by atoms with Crippen molar-refractivity contribution >= 4 is 5.91 Å². The summed E-state index contributed by atoms with van der Waals surface area (Å²) in [5.41, 5.74) is 7.60. The summed E-state index contributed by atoms with van der Waals surface area (Å²) in [6, 6.07) is 14.1. The van der Waals surface area contributed by atoms with E-state index in [1.54, 1.807) is 7.05 Å². The van der Waals surface area contributed by atoms with Gasteiger partial charge < -0.3 is 15.4 Å². The Morgan fingerprint density at radius 1 is 1.08 bits per heavy atom. The van der Waals surface area contributed by atoms with Crippen LogP contribution in [0.5, 0.6) is 5.75 Å². The fourth-order valence-corrected chi connectivity index (χ4v) is 2.39. The van der Waals surface area contributed by atoms with Gasteiger partial charge in [-0.3, -0.25) is 4.79 Å². The van der Waals surface area contributed by atoms with Crippen molar-refractivity contribution in [3.63, 3.8) is 0 Å². The van der Waals surface area contributed by atoms with Crippen LogP contribution in [0.1, 0.15) is 11.1 Å². The van der Waals surface area contributed by atoms with E-state index in [-0.39, 0.29) is 18.2 Å². The van der Waals surface area contributed by atoms with E-state index in [4.69, 9.17) is 5.73 Å². The number of nitrogens with zero attached hydrogens (tertiary/aromatic N) is 1. The van der Waals surface area contributed by atoms with Crippen LogP contribution in [0.3, 0.4) is 0 Å². The molecule has 25 heavy (non-hydrogen) atoms. The van der Waals surface area contributed by atoms with E-state index in [1.807, 2.05) is 30.3 Å². The van der Waals surface area contributed by atoms with Crippen molar-refractivity contribution in [2.24, 2.45) is 5.73 Å². The number of nitrogens with two attached hydrogens (primary N) is 1. The number of likely N-dealkylation sites (N-methyl/N-ethyl adjacent to an activating group) is 1. The highest BCUT2D eigenvalue weighted by atomic mass is 19.4. The van der Waals surface area contributed by atoms with Crippen molar-refractivity contribution in [3.8, 4) is 5.75 Å². The molecule has 2 aromatic rings. The summed E-state index contributed by atoms with van der Waals surface area (Å²) in [5.74, 6) is -0.537. The Hall–Kier alpha value is -2.54. The Morgan fingerprint density at radius 2 is 1.68 bits per heavy atom. The van der Waals surface area contributed by atoms with Crippen LogP contribution in [-0.4, -0.2) is 30.3 Å². The van der Waals surface area contributed by atoms with Gasteiger partial charge in [0.15, 0.2) is 0 Å². The van der Waals surface area contributed by atoms with E-state index in [1.165, 1.54) is 29.2 Å². The monoisotopic (exact) mass is 352 g/mol. The first-order valence-corrected chi connectivity index (χ1v) is 7.64. The topological polar surface area (TPSA) is 55.6 Å². The standard InChI is InChI=1S/C18H19F3N2O2/c1-23(17(24)16(22)11-13-5-3-2-4-6-13)12-14-7-9-15(10-8-14)25-18(19,20)21/h2-10,16H,11-12,22H2,1H3/t16-/m0/s1. The number of carbonyl (C=O) groups is 1. The van der Waals surface area contributed by atoms with E-state index in [2.05, 4.69) is 4.74 Å². The van der Waals surface area contributed by atoms with Crippen LogP contribution in [0, 0.1) is 0 Å². The average Bonchev–Trinajstić information content (AvgIpc) is 2.55. The summed E-state index contributed by atoms with van der Waals surface area (Å²) in [4.78, 5) is 13.8. The van der Waals surface area contributed by atoms with Gasteiger partial charge in [0.1, 0.15) is 5.75 Å². The molecule has 0 aliphatic heterocycles. The molecule has 7 heteroatoms. The fraction of sp³-hybridized carbons (Fsp3) is 0.278. The van der Waals surface area contributed by atoms with Crippen molar-refractivity contribution in [2.75, 3.05) is 7.05 Å². The molecule has 0 radical (unpaired) electrons. The number of hydrogen-bond acceptors (Lipinski definition) is 3. The molecule has 134 valence electrons. The summed E-state index contributed by atoms with van der Waals surface area (Å²) in [7, 11) is 1.60. The molecule has 0 unspecified atom stereocenters. The van der Waals surface area contributed by atoms with Gasteiger partial charge in [0.25, 0.3) is 0 Å².